The van der Waals surface area contributed by atoms with Gasteiger partial charge >= 0.3 is 0 Å². The summed E-state index contributed by atoms with van der Waals surface area (Å²) in [4.78, 5) is 31.5. The van der Waals surface area contributed by atoms with Crippen molar-refractivity contribution in [3.63, 3.8) is 0 Å². The Hall–Kier alpha value is -3.64. The van der Waals surface area contributed by atoms with Crippen LogP contribution in [-0.4, -0.2) is 22.5 Å². The van der Waals surface area contributed by atoms with E-state index in [0.717, 1.165) is 5.56 Å². The Morgan fingerprint density at radius 3 is 2.62 bits per heavy atom. The summed E-state index contributed by atoms with van der Waals surface area (Å²) in [6, 6.07) is 21.0. The first kappa shape index (κ1) is 18.7. The molecule has 1 amide bonds. The molecular weight excluding hydrogens is 390 g/mol. The Kier molecular flexibility index (Phi) is 5.27. The van der Waals surface area contributed by atoms with Crippen LogP contribution in [0.3, 0.4) is 0 Å². The number of fused-ring (bicyclic) bond motifs is 1. The molecule has 29 heavy (non-hydrogen) atoms. The van der Waals surface area contributed by atoms with Crippen LogP contribution in [0.15, 0.2) is 77.6 Å². The van der Waals surface area contributed by atoms with E-state index in [-0.39, 0.29) is 18.1 Å². The van der Waals surface area contributed by atoms with E-state index in [4.69, 9.17) is 16.3 Å². The van der Waals surface area contributed by atoms with Crippen molar-refractivity contribution in [1.29, 1.82) is 0 Å². The van der Waals surface area contributed by atoms with Crippen molar-refractivity contribution in [3.05, 3.63) is 88.2 Å². The molecular formula is C22H16ClN3O3. The van der Waals surface area contributed by atoms with Gasteiger partial charge in [0, 0.05) is 16.3 Å². The molecule has 0 aliphatic carbocycles. The number of nitrogens with zero attached hydrogens (tertiary/aromatic N) is 1. The van der Waals surface area contributed by atoms with E-state index in [1.165, 1.54) is 0 Å². The summed E-state index contributed by atoms with van der Waals surface area (Å²) in [7, 11) is 0. The van der Waals surface area contributed by atoms with Crippen LogP contribution in [0.5, 0.6) is 5.75 Å². The van der Waals surface area contributed by atoms with Gasteiger partial charge < -0.3 is 15.0 Å². The maximum absolute atomic E-state index is 12.2. The van der Waals surface area contributed by atoms with Crippen LogP contribution in [0.25, 0.3) is 22.3 Å². The molecule has 2 N–H and O–H groups in total. The number of benzene rings is 3. The quantitative estimate of drug-likeness (QED) is 0.519. The molecule has 0 radical (unpaired) electrons. The van der Waals surface area contributed by atoms with E-state index < -0.39 is 0 Å². The highest BCUT2D eigenvalue weighted by molar-refractivity contribution is 6.30. The third-order valence-corrected chi connectivity index (χ3v) is 4.45. The zero-order valence-electron chi connectivity index (χ0n) is 15.2. The minimum absolute atomic E-state index is 0.142. The summed E-state index contributed by atoms with van der Waals surface area (Å²) in [5.41, 5.74) is 1.78. The summed E-state index contributed by atoms with van der Waals surface area (Å²) in [6.45, 7) is -0.142. The van der Waals surface area contributed by atoms with Crippen molar-refractivity contribution in [3.8, 4) is 17.1 Å². The van der Waals surface area contributed by atoms with Gasteiger partial charge in [-0.15, -0.1) is 0 Å². The highest BCUT2D eigenvalue weighted by atomic mass is 35.5. The van der Waals surface area contributed by atoms with Crippen molar-refractivity contribution < 1.29 is 9.53 Å². The molecule has 3 aromatic carbocycles. The lowest BCUT2D eigenvalue weighted by molar-refractivity contribution is -0.118. The Morgan fingerprint density at radius 1 is 1.03 bits per heavy atom. The molecule has 144 valence electrons. The van der Waals surface area contributed by atoms with Gasteiger partial charge in [0.05, 0.1) is 10.9 Å². The van der Waals surface area contributed by atoms with Crippen molar-refractivity contribution in [1.82, 2.24) is 9.97 Å². The lowest BCUT2D eigenvalue weighted by Crippen LogP contribution is -2.20. The first-order valence-corrected chi connectivity index (χ1v) is 9.24. The van der Waals surface area contributed by atoms with Crippen molar-refractivity contribution in [2.45, 2.75) is 0 Å². The topological polar surface area (TPSA) is 84.1 Å². The van der Waals surface area contributed by atoms with E-state index in [1.807, 2.05) is 6.07 Å². The molecule has 7 heteroatoms. The standard InChI is InChI=1S/C22H16ClN3O3/c23-15-4-3-5-16(12-15)24-20(27)13-29-17-10-8-14(9-11-17)21-25-19-7-2-1-6-18(19)22(28)26-21/h1-12H,13H2,(H,24,27)(H,25,26,28). The number of aromatic amines is 1. The van der Waals surface area contributed by atoms with Gasteiger partial charge in [-0.2, -0.15) is 0 Å². The van der Waals surface area contributed by atoms with Crippen molar-refractivity contribution in [2.24, 2.45) is 0 Å². The van der Waals surface area contributed by atoms with Gasteiger partial charge in [-0.05, 0) is 54.6 Å². The molecule has 0 bridgehead atoms. The lowest BCUT2D eigenvalue weighted by atomic mass is 10.2. The molecule has 1 aromatic heterocycles. The molecule has 0 unspecified atom stereocenters. The molecule has 4 aromatic rings. The highest BCUT2D eigenvalue weighted by Crippen LogP contribution is 2.20. The Bertz CT molecular complexity index is 1240. The van der Waals surface area contributed by atoms with E-state index in [2.05, 4.69) is 15.3 Å². The summed E-state index contributed by atoms with van der Waals surface area (Å²) >= 11 is 5.90. The Labute approximate surface area is 171 Å². The number of anilines is 1. The number of carbonyl (C=O) groups excluding carboxylic acids is 1. The number of hydrogen-bond acceptors (Lipinski definition) is 4. The molecule has 0 aliphatic heterocycles. The van der Waals surface area contributed by atoms with Gasteiger partial charge in [0.2, 0.25) is 0 Å². The first-order chi connectivity index (χ1) is 14.1. The van der Waals surface area contributed by atoms with Gasteiger partial charge in [0.25, 0.3) is 11.5 Å². The maximum Gasteiger partial charge on any atom is 0.262 e. The monoisotopic (exact) mass is 405 g/mol. The Morgan fingerprint density at radius 2 is 1.83 bits per heavy atom. The smallest absolute Gasteiger partial charge is 0.262 e. The third kappa shape index (κ3) is 4.44. The predicted molar refractivity (Wildman–Crippen MR) is 113 cm³/mol. The Balaban J connectivity index is 1.43. The molecule has 0 spiro atoms. The molecule has 0 saturated heterocycles. The highest BCUT2D eigenvalue weighted by Gasteiger charge is 2.07. The van der Waals surface area contributed by atoms with Crippen molar-refractivity contribution >= 4 is 34.1 Å². The minimum atomic E-state index is -0.295. The van der Waals surface area contributed by atoms with E-state index in [1.54, 1.807) is 66.7 Å². The third-order valence-electron chi connectivity index (χ3n) is 4.22. The van der Waals surface area contributed by atoms with Gasteiger partial charge in [0.15, 0.2) is 6.61 Å². The molecule has 0 fully saturated rings. The molecule has 6 nitrogen and oxygen atoms in total. The van der Waals surface area contributed by atoms with Crippen LogP contribution in [0.1, 0.15) is 0 Å². The predicted octanol–water partition coefficient (Wildman–Crippen LogP) is 4.26. The number of aromatic nitrogens is 2. The fourth-order valence-corrected chi connectivity index (χ4v) is 3.03. The fraction of sp³-hybridized carbons (Fsp3) is 0.0455. The fourth-order valence-electron chi connectivity index (χ4n) is 2.84. The van der Waals surface area contributed by atoms with Gasteiger partial charge in [-0.1, -0.05) is 29.8 Å². The van der Waals surface area contributed by atoms with Gasteiger partial charge in [-0.3, -0.25) is 9.59 Å². The number of ether oxygens (including phenoxy) is 1. The number of H-pyrrole nitrogens is 1. The van der Waals surface area contributed by atoms with Gasteiger partial charge in [-0.25, -0.2) is 4.98 Å². The number of halogens is 1. The zero-order valence-corrected chi connectivity index (χ0v) is 15.9. The van der Waals surface area contributed by atoms with E-state index in [0.29, 0.717) is 33.2 Å². The molecule has 0 aliphatic rings. The maximum atomic E-state index is 12.2. The number of amides is 1. The number of para-hydroxylation sites is 1. The van der Waals surface area contributed by atoms with E-state index in [9.17, 15) is 9.59 Å². The van der Waals surface area contributed by atoms with Crippen LogP contribution in [0.2, 0.25) is 5.02 Å². The molecule has 1 heterocycles. The molecule has 0 saturated carbocycles. The van der Waals surface area contributed by atoms with Crippen LogP contribution in [0.4, 0.5) is 5.69 Å². The second-order valence-corrected chi connectivity index (χ2v) is 6.74. The van der Waals surface area contributed by atoms with E-state index >= 15 is 0 Å². The van der Waals surface area contributed by atoms with Crippen LogP contribution < -0.4 is 15.6 Å². The summed E-state index contributed by atoms with van der Waals surface area (Å²) < 4.78 is 5.52. The van der Waals surface area contributed by atoms with Crippen LogP contribution in [0, 0.1) is 0 Å². The average molecular weight is 406 g/mol. The molecule has 0 atom stereocenters. The number of rotatable bonds is 5. The second kappa shape index (κ2) is 8.16. The SMILES string of the molecule is O=C(COc1ccc(-c2nc3ccccc3c(=O)[nH]2)cc1)Nc1cccc(Cl)c1. The minimum Gasteiger partial charge on any atom is -0.484 e. The largest absolute Gasteiger partial charge is 0.484 e. The normalized spacial score (nSPS) is 10.7. The number of hydrogen-bond donors (Lipinski definition) is 2. The van der Waals surface area contributed by atoms with Gasteiger partial charge in [0.1, 0.15) is 11.6 Å². The van der Waals surface area contributed by atoms with Crippen LogP contribution >= 0.6 is 11.6 Å². The summed E-state index contributed by atoms with van der Waals surface area (Å²) in [6.07, 6.45) is 0. The zero-order chi connectivity index (χ0) is 20.2. The number of nitrogens with one attached hydrogen (secondary N) is 2. The van der Waals surface area contributed by atoms with Crippen LogP contribution in [-0.2, 0) is 4.79 Å². The average Bonchev–Trinajstić information content (AvgIpc) is 2.73. The lowest BCUT2D eigenvalue weighted by Gasteiger charge is -2.09. The first-order valence-electron chi connectivity index (χ1n) is 8.86. The van der Waals surface area contributed by atoms with Crippen molar-refractivity contribution in [2.75, 3.05) is 11.9 Å². The number of carbonyl (C=O) groups is 1. The molecule has 4 rings (SSSR count). The second-order valence-electron chi connectivity index (χ2n) is 6.30. The summed E-state index contributed by atoms with van der Waals surface area (Å²) in [5, 5.41) is 3.80. The summed E-state index contributed by atoms with van der Waals surface area (Å²) in [5.74, 6) is 0.703.